The number of aliphatic carboxylic acids is 1. The standard InChI is InChI=1S/C9H15NO4/c1-14-7(11)6-9(8(12)13)2-4-10-5-3-9/h10H,2-6H2,1H3,(H,12,13). The molecular weight excluding hydrogens is 186 g/mol. The SMILES string of the molecule is COC(=O)CC1(C(=O)O)CCNCC1. The molecule has 5 heteroatoms. The zero-order valence-electron chi connectivity index (χ0n) is 8.21. The Morgan fingerprint density at radius 1 is 1.43 bits per heavy atom. The van der Waals surface area contributed by atoms with Crippen LogP contribution in [0.25, 0.3) is 0 Å². The molecule has 0 radical (unpaired) electrons. The number of piperidine rings is 1. The summed E-state index contributed by atoms with van der Waals surface area (Å²) in [5, 5.41) is 12.2. The first-order valence-electron chi connectivity index (χ1n) is 4.62. The van der Waals surface area contributed by atoms with Crippen molar-refractivity contribution in [1.29, 1.82) is 0 Å². The van der Waals surface area contributed by atoms with E-state index >= 15 is 0 Å². The zero-order valence-corrected chi connectivity index (χ0v) is 8.21. The first-order chi connectivity index (χ1) is 6.60. The molecule has 80 valence electrons. The van der Waals surface area contributed by atoms with Crippen molar-refractivity contribution in [3.05, 3.63) is 0 Å². The Morgan fingerprint density at radius 2 is 2.00 bits per heavy atom. The van der Waals surface area contributed by atoms with Crippen LogP contribution in [-0.4, -0.2) is 37.2 Å². The molecule has 1 aliphatic rings. The summed E-state index contributed by atoms with van der Waals surface area (Å²) >= 11 is 0. The second-order valence-electron chi connectivity index (χ2n) is 3.59. The lowest BCUT2D eigenvalue weighted by Gasteiger charge is -2.32. The van der Waals surface area contributed by atoms with Gasteiger partial charge in [-0.15, -0.1) is 0 Å². The van der Waals surface area contributed by atoms with Gasteiger partial charge >= 0.3 is 11.9 Å². The minimum absolute atomic E-state index is 0.0273. The van der Waals surface area contributed by atoms with Crippen LogP contribution in [0.3, 0.4) is 0 Å². The van der Waals surface area contributed by atoms with Crippen molar-refractivity contribution in [3.63, 3.8) is 0 Å². The molecule has 0 bridgehead atoms. The summed E-state index contributed by atoms with van der Waals surface area (Å²) in [6, 6.07) is 0. The molecule has 1 rings (SSSR count). The normalized spacial score (nSPS) is 20.1. The van der Waals surface area contributed by atoms with Crippen LogP contribution >= 0.6 is 0 Å². The van der Waals surface area contributed by atoms with Gasteiger partial charge in [-0.2, -0.15) is 0 Å². The van der Waals surface area contributed by atoms with Gasteiger partial charge in [-0.25, -0.2) is 0 Å². The summed E-state index contributed by atoms with van der Waals surface area (Å²) in [6.07, 6.45) is 0.940. The molecule has 1 saturated heterocycles. The fraction of sp³-hybridized carbons (Fsp3) is 0.778. The minimum atomic E-state index is -0.918. The van der Waals surface area contributed by atoms with Gasteiger partial charge in [0.05, 0.1) is 18.9 Å². The highest BCUT2D eigenvalue weighted by molar-refractivity contribution is 5.82. The molecule has 1 aliphatic heterocycles. The largest absolute Gasteiger partial charge is 0.481 e. The molecule has 0 aromatic heterocycles. The number of methoxy groups -OCH3 is 1. The Labute approximate surface area is 82.4 Å². The lowest BCUT2D eigenvalue weighted by atomic mass is 9.76. The van der Waals surface area contributed by atoms with Gasteiger partial charge < -0.3 is 15.2 Å². The Bertz CT molecular complexity index is 233. The van der Waals surface area contributed by atoms with E-state index in [1.165, 1.54) is 7.11 Å². The number of esters is 1. The van der Waals surface area contributed by atoms with Gasteiger partial charge in [0.15, 0.2) is 0 Å². The van der Waals surface area contributed by atoms with Crippen LogP contribution in [0.15, 0.2) is 0 Å². The number of carboxylic acids is 1. The van der Waals surface area contributed by atoms with Crippen molar-refractivity contribution in [1.82, 2.24) is 5.32 Å². The Hall–Kier alpha value is -1.10. The van der Waals surface area contributed by atoms with Gasteiger partial charge in [-0.3, -0.25) is 9.59 Å². The molecule has 0 amide bonds. The fourth-order valence-electron chi connectivity index (χ4n) is 1.72. The van der Waals surface area contributed by atoms with Crippen LogP contribution in [0.1, 0.15) is 19.3 Å². The van der Waals surface area contributed by atoms with Crippen LogP contribution in [0.4, 0.5) is 0 Å². The van der Waals surface area contributed by atoms with Crippen molar-refractivity contribution in [2.45, 2.75) is 19.3 Å². The number of carbonyl (C=O) groups is 2. The molecule has 0 atom stereocenters. The molecular formula is C9H15NO4. The third-order valence-corrected chi connectivity index (χ3v) is 2.72. The summed E-state index contributed by atoms with van der Waals surface area (Å²) in [5.74, 6) is -1.35. The van der Waals surface area contributed by atoms with Crippen molar-refractivity contribution in [2.75, 3.05) is 20.2 Å². The summed E-state index contributed by atoms with van der Waals surface area (Å²) in [6.45, 7) is 1.28. The van der Waals surface area contributed by atoms with E-state index in [1.54, 1.807) is 0 Å². The van der Waals surface area contributed by atoms with Gasteiger partial charge in [-0.1, -0.05) is 0 Å². The van der Waals surface area contributed by atoms with Crippen LogP contribution in [-0.2, 0) is 14.3 Å². The highest BCUT2D eigenvalue weighted by Crippen LogP contribution is 2.33. The fourth-order valence-corrected chi connectivity index (χ4v) is 1.72. The Morgan fingerprint density at radius 3 is 2.43 bits per heavy atom. The average Bonchev–Trinajstić information content (AvgIpc) is 2.19. The molecule has 5 nitrogen and oxygen atoms in total. The van der Waals surface area contributed by atoms with E-state index in [9.17, 15) is 9.59 Å². The van der Waals surface area contributed by atoms with E-state index in [0.717, 1.165) is 0 Å². The quantitative estimate of drug-likeness (QED) is 0.629. The van der Waals surface area contributed by atoms with Crippen LogP contribution in [0, 0.1) is 5.41 Å². The average molecular weight is 201 g/mol. The maximum Gasteiger partial charge on any atom is 0.310 e. The highest BCUT2D eigenvalue weighted by Gasteiger charge is 2.41. The Balaban J connectivity index is 2.70. The van der Waals surface area contributed by atoms with E-state index in [1.807, 2.05) is 0 Å². The number of rotatable bonds is 3. The topological polar surface area (TPSA) is 75.6 Å². The van der Waals surface area contributed by atoms with Crippen LogP contribution < -0.4 is 5.32 Å². The summed E-state index contributed by atoms with van der Waals surface area (Å²) in [5.41, 5.74) is -0.918. The lowest BCUT2D eigenvalue weighted by molar-refractivity contribution is -0.158. The molecule has 1 heterocycles. The predicted octanol–water partition coefficient (Wildman–Crippen LogP) is 0.00390. The monoisotopic (exact) mass is 201 g/mol. The molecule has 0 aliphatic carbocycles. The van der Waals surface area contributed by atoms with Gasteiger partial charge in [-0.05, 0) is 25.9 Å². The molecule has 0 unspecified atom stereocenters. The smallest absolute Gasteiger partial charge is 0.310 e. The molecule has 0 aromatic rings. The molecule has 14 heavy (non-hydrogen) atoms. The van der Waals surface area contributed by atoms with E-state index in [4.69, 9.17) is 5.11 Å². The van der Waals surface area contributed by atoms with Gasteiger partial charge in [0.1, 0.15) is 0 Å². The maximum atomic E-state index is 11.1. The van der Waals surface area contributed by atoms with Gasteiger partial charge in [0.25, 0.3) is 0 Å². The van der Waals surface area contributed by atoms with E-state index in [0.29, 0.717) is 25.9 Å². The highest BCUT2D eigenvalue weighted by atomic mass is 16.5. The second kappa shape index (κ2) is 4.41. The van der Waals surface area contributed by atoms with Crippen molar-refractivity contribution in [2.24, 2.45) is 5.41 Å². The van der Waals surface area contributed by atoms with Crippen LogP contribution in [0.2, 0.25) is 0 Å². The van der Waals surface area contributed by atoms with Gasteiger partial charge in [0.2, 0.25) is 0 Å². The molecule has 0 spiro atoms. The maximum absolute atomic E-state index is 11.1. The third-order valence-electron chi connectivity index (χ3n) is 2.72. The summed E-state index contributed by atoms with van der Waals surface area (Å²) < 4.78 is 4.51. The number of carboxylic acid groups (broad SMARTS) is 1. The Kier molecular flexibility index (Phi) is 3.46. The van der Waals surface area contributed by atoms with Crippen molar-refractivity contribution in [3.8, 4) is 0 Å². The number of ether oxygens (including phenoxy) is 1. The summed E-state index contributed by atoms with van der Waals surface area (Å²) in [4.78, 5) is 22.2. The first kappa shape index (κ1) is 11.0. The van der Waals surface area contributed by atoms with E-state index in [2.05, 4.69) is 10.1 Å². The number of nitrogens with one attached hydrogen (secondary N) is 1. The van der Waals surface area contributed by atoms with Crippen LogP contribution in [0.5, 0.6) is 0 Å². The third kappa shape index (κ3) is 2.23. The number of hydrogen-bond donors (Lipinski definition) is 2. The second-order valence-corrected chi connectivity index (χ2v) is 3.59. The van der Waals surface area contributed by atoms with Crippen molar-refractivity contribution < 1.29 is 19.4 Å². The lowest BCUT2D eigenvalue weighted by Crippen LogP contribution is -2.43. The molecule has 1 fully saturated rings. The van der Waals surface area contributed by atoms with Crippen molar-refractivity contribution >= 4 is 11.9 Å². The predicted molar refractivity (Wildman–Crippen MR) is 48.8 cm³/mol. The number of carbonyl (C=O) groups excluding carboxylic acids is 1. The van der Waals surface area contributed by atoms with E-state index in [-0.39, 0.29) is 6.42 Å². The minimum Gasteiger partial charge on any atom is -0.481 e. The van der Waals surface area contributed by atoms with Gasteiger partial charge in [0, 0.05) is 0 Å². The summed E-state index contributed by atoms with van der Waals surface area (Å²) in [7, 11) is 1.28. The molecule has 0 aromatic carbocycles. The molecule has 0 saturated carbocycles. The zero-order chi connectivity index (χ0) is 10.6. The van der Waals surface area contributed by atoms with E-state index < -0.39 is 17.4 Å². The number of hydrogen-bond acceptors (Lipinski definition) is 4. The molecule has 2 N–H and O–H groups in total. The first-order valence-corrected chi connectivity index (χ1v) is 4.62.